The molecule has 3 rings (SSSR count). The molecule has 2 aromatic carbocycles. The second-order valence-electron chi connectivity index (χ2n) is 5.07. The van der Waals surface area contributed by atoms with Crippen LogP contribution in [0.2, 0.25) is 0 Å². The normalized spacial score (nSPS) is 10.8. The number of aryl methyl sites for hydroxylation is 1. The monoisotopic (exact) mass is 408 g/mol. The lowest BCUT2D eigenvalue weighted by molar-refractivity contribution is 0.410. The molecule has 0 spiro atoms. The van der Waals surface area contributed by atoms with Crippen LogP contribution in [-0.4, -0.2) is 27.3 Å². The number of hydrogen-bond acceptors (Lipinski definition) is 5. The summed E-state index contributed by atoms with van der Waals surface area (Å²) in [5.74, 6) is 0.834. The largest absolute Gasteiger partial charge is 0.494 e. The molecule has 5 nitrogen and oxygen atoms in total. The van der Waals surface area contributed by atoms with Crippen molar-refractivity contribution < 1.29 is 9.13 Å². The standard InChI is InChI=1S/C16H14BrFN4OS/c1-10-3-6-15(23-2)14(7-10)22-16(19-20-21-22)24-9-11-8-12(17)4-5-13(11)18/h3-8H,9H2,1-2H3. The van der Waals surface area contributed by atoms with E-state index in [1.165, 1.54) is 17.8 Å². The van der Waals surface area contributed by atoms with Crippen LogP contribution in [0.25, 0.3) is 5.69 Å². The van der Waals surface area contributed by atoms with Crippen LogP contribution in [0.4, 0.5) is 4.39 Å². The molecule has 0 aliphatic carbocycles. The molecule has 1 aromatic heterocycles. The molecule has 0 unspecified atom stereocenters. The lowest BCUT2D eigenvalue weighted by Gasteiger charge is -2.10. The van der Waals surface area contributed by atoms with Gasteiger partial charge in [0, 0.05) is 10.2 Å². The molecule has 24 heavy (non-hydrogen) atoms. The van der Waals surface area contributed by atoms with Crippen molar-refractivity contribution in [2.75, 3.05) is 7.11 Å². The van der Waals surface area contributed by atoms with Crippen molar-refractivity contribution in [2.45, 2.75) is 17.8 Å². The van der Waals surface area contributed by atoms with Crippen molar-refractivity contribution in [3.63, 3.8) is 0 Å². The number of nitrogens with zero attached hydrogens (tertiary/aromatic N) is 4. The van der Waals surface area contributed by atoms with Crippen molar-refractivity contribution in [1.82, 2.24) is 20.2 Å². The Kier molecular flexibility index (Phi) is 5.15. The zero-order chi connectivity index (χ0) is 17.1. The zero-order valence-corrected chi connectivity index (χ0v) is 15.4. The molecule has 0 fully saturated rings. The zero-order valence-electron chi connectivity index (χ0n) is 13.0. The summed E-state index contributed by atoms with van der Waals surface area (Å²) in [7, 11) is 1.60. The number of tetrazole rings is 1. The number of hydrogen-bond donors (Lipinski definition) is 0. The fraction of sp³-hybridized carbons (Fsp3) is 0.188. The molecule has 0 saturated carbocycles. The fourth-order valence-electron chi connectivity index (χ4n) is 2.18. The van der Waals surface area contributed by atoms with Crippen LogP contribution in [0.1, 0.15) is 11.1 Å². The molecule has 3 aromatic rings. The molecule has 0 saturated heterocycles. The minimum Gasteiger partial charge on any atom is -0.494 e. The maximum Gasteiger partial charge on any atom is 0.214 e. The SMILES string of the molecule is COc1ccc(C)cc1-n1nnnc1SCc1cc(Br)ccc1F. The smallest absolute Gasteiger partial charge is 0.214 e. The van der Waals surface area contributed by atoms with E-state index in [0.29, 0.717) is 22.2 Å². The fourth-order valence-corrected chi connectivity index (χ4v) is 3.45. The van der Waals surface area contributed by atoms with Gasteiger partial charge in [0.05, 0.1) is 7.11 Å². The highest BCUT2D eigenvalue weighted by molar-refractivity contribution is 9.10. The predicted molar refractivity (Wildman–Crippen MR) is 94.1 cm³/mol. The Morgan fingerprint density at radius 1 is 1.25 bits per heavy atom. The van der Waals surface area contributed by atoms with Crippen molar-refractivity contribution in [2.24, 2.45) is 0 Å². The first kappa shape index (κ1) is 16.9. The van der Waals surface area contributed by atoms with Gasteiger partial charge in [-0.05, 0) is 58.8 Å². The molecule has 8 heteroatoms. The molecular weight excluding hydrogens is 395 g/mol. The highest BCUT2D eigenvalue weighted by atomic mass is 79.9. The van der Waals surface area contributed by atoms with Crippen LogP contribution in [0.15, 0.2) is 46.0 Å². The first-order valence-electron chi connectivity index (χ1n) is 7.08. The van der Waals surface area contributed by atoms with Crippen LogP contribution < -0.4 is 4.74 Å². The van der Waals surface area contributed by atoms with Crippen molar-refractivity contribution >= 4 is 27.7 Å². The number of methoxy groups -OCH3 is 1. The van der Waals surface area contributed by atoms with E-state index in [9.17, 15) is 4.39 Å². The van der Waals surface area contributed by atoms with Crippen LogP contribution >= 0.6 is 27.7 Å². The highest BCUT2D eigenvalue weighted by Gasteiger charge is 2.14. The van der Waals surface area contributed by atoms with Crippen molar-refractivity contribution in [3.05, 3.63) is 57.8 Å². The maximum atomic E-state index is 13.9. The summed E-state index contributed by atoms with van der Waals surface area (Å²) in [6.45, 7) is 1.98. The molecule has 124 valence electrons. The Morgan fingerprint density at radius 2 is 2.08 bits per heavy atom. The van der Waals surface area contributed by atoms with Gasteiger partial charge >= 0.3 is 0 Å². The lowest BCUT2D eigenvalue weighted by atomic mass is 10.2. The summed E-state index contributed by atoms with van der Waals surface area (Å²) in [5, 5.41) is 12.4. The third kappa shape index (κ3) is 3.59. The Morgan fingerprint density at radius 3 is 2.88 bits per heavy atom. The van der Waals surface area contributed by atoms with E-state index < -0.39 is 0 Å². The van der Waals surface area contributed by atoms with Gasteiger partial charge in [0.25, 0.3) is 0 Å². The number of halogens is 2. The molecular formula is C16H14BrFN4OS. The summed E-state index contributed by atoms with van der Waals surface area (Å²) in [4.78, 5) is 0. The Balaban J connectivity index is 1.89. The number of ether oxygens (including phenoxy) is 1. The lowest BCUT2D eigenvalue weighted by Crippen LogP contribution is -2.02. The van der Waals surface area contributed by atoms with Gasteiger partial charge in [-0.15, -0.1) is 5.10 Å². The summed E-state index contributed by atoms with van der Waals surface area (Å²) in [5.41, 5.74) is 2.40. The number of thioether (sulfide) groups is 1. The van der Waals surface area contributed by atoms with Crippen molar-refractivity contribution in [1.29, 1.82) is 0 Å². The molecule has 0 radical (unpaired) electrons. The summed E-state index contributed by atoms with van der Waals surface area (Å²) in [6.07, 6.45) is 0. The van der Waals surface area contributed by atoms with Gasteiger partial charge in [-0.1, -0.05) is 33.8 Å². The minimum absolute atomic E-state index is 0.252. The molecule has 0 aliphatic rings. The molecule has 0 aliphatic heterocycles. The summed E-state index contributed by atoms with van der Waals surface area (Å²) in [6, 6.07) is 10.6. The maximum absolute atomic E-state index is 13.9. The van der Waals surface area contributed by atoms with Gasteiger partial charge in [-0.2, -0.15) is 4.68 Å². The average Bonchev–Trinajstić information content (AvgIpc) is 3.04. The van der Waals surface area contributed by atoms with Gasteiger partial charge in [0.2, 0.25) is 5.16 Å². The Bertz CT molecular complexity index is 871. The van der Waals surface area contributed by atoms with Gasteiger partial charge in [0.1, 0.15) is 17.3 Å². The topological polar surface area (TPSA) is 52.8 Å². The number of benzene rings is 2. The van der Waals surface area contributed by atoms with Crippen LogP contribution in [0.5, 0.6) is 5.75 Å². The van der Waals surface area contributed by atoms with E-state index in [1.54, 1.807) is 23.9 Å². The minimum atomic E-state index is -0.252. The van der Waals surface area contributed by atoms with Crippen LogP contribution in [0.3, 0.4) is 0 Å². The first-order valence-corrected chi connectivity index (χ1v) is 8.86. The average molecular weight is 409 g/mol. The second-order valence-corrected chi connectivity index (χ2v) is 6.93. The third-order valence-electron chi connectivity index (χ3n) is 3.37. The van der Waals surface area contributed by atoms with Crippen molar-refractivity contribution in [3.8, 4) is 11.4 Å². The molecule has 0 atom stereocenters. The van der Waals surface area contributed by atoms with E-state index in [4.69, 9.17) is 4.74 Å². The number of rotatable bonds is 5. The first-order chi connectivity index (χ1) is 11.6. The quantitative estimate of drug-likeness (QED) is 0.592. The van der Waals surface area contributed by atoms with Gasteiger partial charge in [0.15, 0.2) is 0 Å². The molecule has 0 amide bonds. The highest BCUT2D eigenvalue weighted by Crippen LogP contribution is 2.29. The Labute approximate surface area is 151 Å². The Hall–Kier alpha value is -1.93. The second kappa shape index (κ2) is 7.31. The van der Waals surface area contributed by atoms with E-state index >= 15 is 0 Å². The van der Waals surface area contributed by atoms with Crippen LogP contribution in [0, 0.1) is 12.7 Å². The van der Waals surface area contributed by atoms with Gasteiger partial charge in [-0.3, -0.25) is 0 Å². The third-order valence-corrected chi connectivity index (χ3v) is 4.83. The molecule has 0 bridgehead atoms. The van der Waals surface area contributed by atoms with Gasteiger partial charge in [-0.25, -0.2) is 4.39 Å². The predicted octanol–water partition coefficient (Wildman–Crippen LogP) is 4.17. The van der Waals surface area contributed by atoms with Gasteiger partial charge < -0.3 is 4.74 Å². The van der Waals surface area contributed by atoms with Crippen LogP contribution in [-0.2, 0) is 5.75 Å². The van der Waals surface area contributed by atoms with E-state index in [2.05, 4.69) is 31.5 Å². The molecule has 0 N–H and O–H groups in total. The van der Waals surface area contributed by atoms with E-state index in [-0.39, 0.29) is 5.82 Å². The number of aromatic nitrogens is 4. The van der Waals surface area contributed by atoms with E-state index in [0.717, 1.165) is 15.7 Å². The molecule has 1 heterocycles. The summed E-state index contributed by atoms with van der Waals surface area (Å²) >= 11 is 4.72. The summed E-state index contributed by atoms with van der Waals surface area (Å²) < 4.78 is 21.7. The van der Waals surface area contributed by atoms with E-state index in [1.807, 2.05) is 25.1 Å².